The Morgan fingerprint density at radius 2 is 0.632 bits per heavy atom. The average Bonchev–Trinajstić information content (AvgIpc) is 3.10. The summed E-state index contributed by atoms with van der Waals surface area (Å²) in [4.78, 5) is 47.5. The van der Waals surface area contributed by atoms with E-state index in [9.17, 15) is 45.1 Å². The van der Waals surface area contributed by atoms with Crippen LogP contribution in [0.3, 0.4) is 0 Å². The molecule has 2 aromatic rings. The number of benzene rings is 2. The van der Waals surface area contributed by atoms with Gasteiger partial charge in [0, 0.05) is 0 Å². The number of ether oxygens (including phenoxy) is 4. The molecule has 0 aromatic heterocycles. The van der Waals surface area contributed by atoms with Crippen LogP contribution in [-0.2, 0) is 39.2 Å². The van der Waals surface area contributed by atoms with E-state index in [1.807, 2.05) is 55.4 Å². The molecule has 0 radical (unpaired) electrons. The molecule has 0 spiro atoms. The minimum atomic E-state index is -4.85. The van der Waals surface area contributed by atoms with Gasteiger partial charge in [0.2, 0.25) is 0 Å². The molecule has 0 aliphatic rings. The van der Waals surface area contributed by atoms with Gasteiger partial charge in [0.1, 0.15) is 20.2 Å². The van der Waals surface area contributed by atoms with Gasteiger partial charge >= 0.3 is 72.8 Å². The van der Waals surface area contributed by atoms with Gasteiger partial charge in [-0.2, -0.15) is 0 Å². The number of hydrogen-bond acceptors (Lipinski definition) is 14. The minimum absolute atomic E-state index is 0. The fourth-order valence-electron chi connectivity index (χ4n) is 4.92. The molecule has 0 fully saturated rings. The molecule has 0 saturated heterocycles. The maximum atomic E-state index is 12.2. The van der Waals surface area contributed by atoms with Crippen LogP contribution in [0, 0.1) is 23.7 Å². The molecule has 0 atom stereocenters. The third kappa shape index (κ3) is 23.8. The number of hydrogen-bond donors (Lipinski definition) is 0. The second kappa shape index (κ2) is 27.5. The summed E-state index contributed by atoms with van der Waals surface area (Å²) in [5.74, 6) is -1.30. The third-order valence-corrected chi connectivity index (χ3v) is 9.60. The summed E-state index contributed by atoms with van der Waals surface area (Å²) >= 11 is 0. The van der Waals surface area contributed by atoms with Crippen molar-refractivity contribution in [3.05, 3.63) is 58.7 Å². The molecule has 17 heteroatoms. The van der Waals surface area contributed by atoms with Crippen LogP contribution >= 0.6 is 0 Å². The van der Waals surface area contributed by atoms with E-state index in [4.69, 9.17) is 18.9 Å². The Morgan fingerprint density at radius 1 is 0.439 bits per heavy atom. The zero-order valence-corrected chi connectivity index (χ0v) is 40.6. The Morgan fingerprint density at radius 3 is 0.789 bits per heavy atom. The first-order valence-corrected chi connectivity index (χ1v) is 21.7. The first kappa shape index (κ1) is 54.7. The largest absolute Gasteiger partial charge is 2.00 e. The molecule has 57 heavy (non-hydrogen) atoms. The number of rotatable bonds is 22. The predicted molar refractivity (Wildman–Crippen MR) is 212 cm³/mol. The van der Waals surface area contributed by atoms with Gasteiger partial charge < -0.3 is 28.1 Å². The third-order valence-electron chi connectivity index (χ3n) is 7.97. The van der Waals surface area contributed by atoms with Crippen LogP contribution in [0.5, 0.6) is 0 Å². The normalized spacial score (nSPS) is 11.5. The molecule has 0 heterocycles. The molecule has 14 nitrogen and oxygen atoms in total. The van der Waals surface area contributed by atoms with Crippen molar-refractivity contribution in [2.24, 2.45) is 23.7 Å². The molecular weight excluding hydrogens is 906 g/mol. The summed E-state index contributed by atoms with van der Waals surface area (Å²) in [6, 6.07) is 6.05. The van der Waals surface area contributed by atoms with E-state index in [2.05, 4.69) is 0 Å². The Hall–Kier alpha value is -2.29. The molecule has 0 bridgehead atoms. The van der Waals surface area contributed by atoms with Gasteiger partial charge in [0.15, 0.2) is 0 Å². The van der Waals surface area contributed by atoms with E-state index in [-0.39, 0.29) is 97.6 Å². The number of carbonyl (C=O) groups excluding carboxylic acids is 4. The van der Waals surface area contributed by atoms with Crippen LogP contribution in [0.15, 0.2) is 46.2 Å². The van der Waals surface area contributed by atoms with Crippen molar-refractivity contribution in [1.29, 1.82) is 0 Å². The summed E-state index contributed by atoms with van der Waals surface area (Å²) in [6.07, 6.45) is 6.13. The van der Waals surface area contributed by atoms with Crippen LogP contribution in [0.1, 0.15) is 148 Å². The summed E-state index contributed by atoms with van der Waals surface area (Å²) in [5, 5.41) is 0. The Kier molecular flexibility index (Phi) is 26.4. The van der Waals surface area contributed by atoms with Crippen molar-refractivity contribution in [2.75, 3.05) is 26.4 Å². The van der Waals surface area contributed by atoms with Crippen LogP contribution < -0.4 is 0 Å². The Bertz CT molecular complexity index is 1580. The average molecular weight is 964 g/mol. The van der Waals surface area contributed by atoms with E-state index in [0.717, 1.165) is 49.9 Å². The zero-order chi connectivity index (χ0) is 42.6. The minimum Gasteiger partial charge on any atom is -0.744 e. The first-order valence-electron chi connectivity index (χ1n) is 18.9. The summed E-state index contributed by atoms with van der Waals surface area (Å²) in [7, 11) is -9.71. The maximum absolute atomic E-state index is 12.2. The molecule has 316 valence electrons. The zero-order valence-electron chi connectivity index (χ0n) is 34.5. The predicted octanol–water partition coefficient (Wildman–Crippen LogP) is 7.17. The second-order valence-electron chi connectivity index (χ2n) is 15.1. The van der Waals surface area contributed by atoms with Crippen molar-refractivity contribution in [3.63, 3.8) is 0 Å². The van der Waals surface area contributed by atoms with Crippen molar-refractivity contribution >= 4 is 93.0 Å². The fourth-order valence-corrected chi connectivity index (χ4v) is 6.00. The molecule has 0 aliphatic carbocycles. The second-order valence-corrected chi connectivity index (χ2v) is 17.8. The van der Waals surface area contributed by atoms with E-state index in [0.29, 0.717) is 49.4 Å². The summed E-state index contributed by atoms with van der Waals surface area (Å²) in [6.45, 7) is 17.0. The molecule has 2 rings (SSSR count). The van der Waals surface area contributed by atoms with Crippen LogP contribution in [0.4, 0.5) is 0 Å². The monoisotopic (exact) mass is 964 g/mol. The topological polar surface area (TPSA) is 220 Å². The molecular formula is C40H58BaO14S2. The summed E-state index contributed by atoms with van der Waals surface area (Å²) < 4.78 is 88.8. The molecule has 0 saturated carbocycles. The van der Waals surface area contributed by atoms with E-state index >= 15 is 0 Å². The number of esters is 4. The van der Waals surface area contributed by atoms with Crippen LogP contribution in [0.25, 0.3) is 0 Å². The summed E-state index contributed by atoms with van der Waals surface area (Å²) in [5.41, 5.74) is -0.683. The maximum Gasteiger partial charge on any atom is 2.00 e. The van der Waals surface area contributed by atoms with Crippen molar-refractivity contribution in [3.8, 4) is 0 Å². The van der Waals surface area contributed by atoms with Crippen molar-refractivity contribution in [2.45, 2.75) is 117 Å². The van der Waals surface area contributed by atoms with E-state index < -0.39 is 53.9 Å². The van der Waals surface area contributed by atoms with Crippen molar-refractivity contribution in [1.82, 2.24) is 0 Å². The van der Waals surface area contributed by atoms with Crippen LogP contribution in [0.2, 0.25) is 0 Å². The molecule has 0 amide bonds. The molecule has 2 aromatic carbocycles. The Balaban J connectivity index is 0.00000108. The standard InChI is InChI=1S/2C20H30O7S.Ba/c2*1-14(2)7-5-9-26-19(21)16-11-17(13-18(12-16)28(23,24)25)20(22)27-10-6-8-15(3)4;/h2*11-15H,5-10H2,1-4H3,(H,23,24,25);/q;;+2/p-2. The van der Waals surface area contributed by atoms with Crippen LogP contribution in [-0.4, -0.2) is 125 Å². The van der Waals surface area contributed by atoms with Gasteiger partial charge in [-0.05, 0) is 111 Å². The van der Waals surface area contributed by atoms with Gasteiger partial charge in [-0.3, -0.25) is 0 Å². The first-order chi connectivity index (χ1) is 26.0. The molecule has 0 N–H and O–H groups in total. The number of carbonyl (C=O) groups is 4. The molecule has 0 unspecified atom stereocenters. The van der Waals surface area contributed by atoms with Crippen molar-refractivity contribution < 1.29 is 64.1 Å². The van der Waals surface area contributed by atoms with Gasteiger partial charge in [-0.1, -0.05) is 55.4 Å². The SMILES string of the molecule is CC(C)CCCOC(=O)c1cc(C(=O)OCCCC(C)C)cc(S(=O)(=O)[O-])c1.CC(C)CCCOC(=O)c1cc(C(=O)OCCCC(C)C)cc(S(=O)(=O)[O-])c1.[Ba+2]. The quantitative estimate of drug-likeness (QED) is 0.0376. The van der Waals surface area contributed by atoms with Gasteiger partial charge in [-0.25, -0.2) is 36.0 Å². The molecule has 0 aliphatic heterocycles. The van der Waals surface area contributed by atoms with Gasteiger partial charge in [-0.15, -0.1) is 0 Å². The van der Waals surface area contributed by atoms with Gasteiger partial charge in [0.05, 0.1) is 58.5 Å². The smallest absolute Gasteiger partial charge is 0.744 e. The van der Waals surface area contributed by atoms with E-state index in [1.165, 1.54) is 12.1 Å². The van der Waals surface area contributed by atoms with E-state index in [1.54, 1.807) is 0 Å². The van der Waals surface area contributed by atoms with Gasteiger partial charge in [0.25, 0.3) is 0 Å². The fraction of sp³-hybridized carbons (Fsp3) is 0.600. The Labute approximate surface area is 379 Å².